The highest BCUT2D eigenvalue weighted by molar-refractivity contribution is 7.89. The van der Waals surface area contributed by atoms with Gasteiger partial charge in [-0.25, -0.2) is 13.2 Å². The van der Waals surface area contributed by atoms with E-state index in [-0.39, 0.29) is 18.0 Å². The van der Waals surface area contributed by atoms with Crippen LogP contribution in [-0.4, -0.2) is 57.4 Å². The first-order valence-electron chi connectivity index (χ1n) is 8.94. The quantitative estimate of drug-likeness (QED) is 0.580. The lowest BCUT2D eigenvalue weighted by molar-refractivity contribution is -0.895. The van der Waals surface area contributed by atoms with Gasteiger partial charge in [0.1, 0.15) is 5.76 Å². The summed E-state index contributed by atoms with van der Waals surface area (Å²) in [7, 11) is -3.52. The van der Waals surface area contributed by atoms with Crippen LogP contribution in [0.3, 0.4) is 0 Å². The molecular formula is C18H23N4O5S+. The smallest absolute Gasteiger partial charge is 0.321 e. The molecule has 0 unspecified atom stereocenters. The van der Waals surface area contributed by atoms with Gasteiger partial charge in [0.15, 0.2) is 6.54 Å². The standard InChI is InChI=1S/C18H22N4O5S/c23-17(20-18(24)19-13-15-5-4-12-27-15)14-21-8-10-22(11-9-21)28(25,26)16-6-2-1-3-7-16/h1-7,12H,8-11,13-14H2,(H2,19,20,23,24)/p+1. The minimum atomic E-state index is -3.52. The largest absolute Gasteiger partial charge is 0.467 e. The lowest BCUT2D eigenvalue weighted by atomic mass is 10.3. The number of carbonyl (C=O) groups excluding carboxylic acids is 2. The van der Waals surface area contributed by atoms with E-state index in [1.165, 1.54) is 10.6 Å². The zero-order valence-corrected chi connectivity index (χ0v) is 16.1. The van der Waals surface area contributed by atoms with E-state index < -0.39 is 22.0 Å². The molecule has 0 spiro atoms. The number of amides is 3. The number of nitrogens with one attached hydrogen (secondary N) is 3. The molecular weight excluding hydrogens is 384 g/mol. The van der Waals surface area contributed by atoms with E-state index in [1.54, 1.807) is 42.5 Å². The molecule has 1 aromatic carbocycles. The van der Waals surface area contributed by atoms with Gasteiger partial charge in [-0.3, -0.25) is 10.1 Å². The number of benzene rings is 1. The fourth-order valence-electron chi connectivity index (χ4n) is 2.98. The van der Waals surface area contributed by atoms with E-state index in [4.69, 9.17) is 4.42 Å². The van der Waals surface area contributed by atoms with Crippen LogP contribution in [0.25, 0.3) is 0 Å². The highest BCUT2D eigenvalue weighted by atomic mass is 32.2. The van der Waals surface area contributed by atoms with E-state index in [0.29, 0.717) is 31.9 Å². The van der Waals surface area contributed by atoms with Crippen molar-refractivity contribution in [2.24, 2.45) is 0 Å². The molecule has 10 heteroatoms. The number of quaternary nitrogens is 1. The molecule has 0 saturated carbocycles. The Morgan fingerprint density at radius 2 is 1.79 bits per heavy atom. The normalized spacial score (nSPS) is 15.9. The number of nitrogens with zero attached hydrogens (tertiary/aromatic N) is 1. The molecule has 9 nitrogen and oxygen atoms in total. The van der Waals surface area contributed by atoms with Crippen LogP contribution in [0.2, 0.25) is 0 Å². The third kappa shape index (κ3) is 5.18. The summed E-state index contributed by atoms with van der Waals surface area (Å²) in [5.74, 6) is 0.176. The molecule has 28 heavy (non-hydrogen) atoms. The van der Waals surface area contributed by atoms with Crippen LogP contribution >= 0.6 is 0 Å². The molecule has 0 atom stereocenters. The first-order chi connectivity index (χ1) is 13.4. The fraction of sp³-hybridized carbons (Fsp3) is 0.333. The van der Waals surface area contributed by atoms with Crippen LogP contribution in [0.1, 0.15) is 5.76 Å². The van der Waals surface area contributed by atoms with Crippen molar-refractivity contribution in [3.63, 3.8) is 0 Å². The van der Waals surface area contributed by atoms with Crippen molar-refractivity contribution in [2.75, 3.05) is 32.7 Å². The second-order valence-corrected chi connectivity index (χ2v) is 8.39. The number of carbonyl (C=O) groups is 2. The number of hydrogen-bond acceptors (Lipinski definition) is 5. The summed E-state index contributed by atoms with van der Waals surface area (Å²) >= 11 is 0. The van der Waals surface area contributed by atoms with Crippen LogP contribution in [0.15, 0.2) is 58.0 Å². The van der Waals surface area contributed by atoms with Gasteiger partial charge < -0.3 is 14.6 Å². The third-order valence-corrected chi connectivity index (χ3v) is 6.39. The Kier molecular flexibility index (Phi) is 6.45. The molecule has 3 amide bonds. The number of furan rings is 1. The zero-order chi connectivity index (χ0) is 20.0. The van der Waals surface area contributed by atoms with Crippen LogP contribution in [0.5, 0.6) is 0 Å². The van der Waals surface area contributed by atoms with Gasteiger partial charge >= 0.3 is 6.03 Å². The van der Waals surface area contributed by atoms with E-state index in [1.807, 2.05) is 0 Å². The van der Waals surface area contributed by atoms with Crippen molar-refractivity contribution in [1.82, 2.24) is 14.9 Å². The first-order valence-corrected chi connectivity index (χ1v) is 10.4. The van der Waals surface area contributed by atoms with Crippen molar-refractivity contribution in [1.29, 1.82) is 0 Å². The van der Waals surface area contributed by atoms with E-state index in [2.05, 4.69) is 10.6 Å². The zero-order valence-electron chi connectivity index (χ0n) is 15.3. The molecule has 1 aromatic heterocycles. The molecule has 3 N–H and O–H groups in total. The molecule has 1 aliphatic rings. The molecule has 0 radical (unpaired) electrons. The van der Waals surface area contributed by atoms with Gasteiger partial charge in [0.2, 0.25) is 10.0 Å². The monoisotopic (exact) mass is 407 g/mol. The minimum absolute atomic E-state index is 0.105. The number of imide groups is 1. The molecule has 150 valence electrons. The average molecular weight is 407 g/mol. The third-order valence-electron chi connectivity index (χ3n) is 4.48. The topological polar surface area (TPSA) is 113 Å². The number of urea groups is 1. The van der Waals surface area contributed by atoms with Gasteiger partial charge in [-0.15, -0.1) is 0 Å². The maximum atomic E-state index is 12.6. The Morgan fingerprint density at radius 3 is 2.43 bits per heavy atom. The molecule has 2 heterocycles. The molecule has 2 aromatic rings. The second-order valence-electron chi connectivity index (χ2n) is 6.45. The highest BCUT2D eigenvalue weighted by Gasteiger charge is 2.31. The maximum Gasteiger partial charge on any atom is 0.321 e. The van der Waals surface area contributed by atoms with Crippen LogP contribution in [-0.2, 0) is 21.4 Å². The van der Waals surface area contributed by atoms with Gasteiger partial charge in [-0.05, 0) is 24.3 Å². The average Bonchev–Trinajstić information content (AvgIpc) is 3.21. The summed E-state index contributed by atoms with van der Waals surface area (Å²) in [5, 5.41) is 4.81. The Labute approximate surface area is 163 Å². The van der Waals surface area contributed by atoms with Crippen molar-refractivity contribution in [3.05, 3.63) is 54.5 Å². The number of rotatable bonds is 6. The highest BCUT2D eigenvalue weighted by Crippen LogP contribution is 2.14. The maximum absolute atomic E-state index is 12.6. The summed E-state index contributed by atoms with van der Waals surface area (Å²) in [5.41, 5.74) is 0. The number of hydrogen-bond donors (Lipinski definition) is 3. The van der Waals surface area contributed by atoms with Crippen molar-refractivity contribution in [2.45, 2.75) is 11.4 Å². The summed E-state index contributed by atoms with van der Waals surface area (Å²) in [6.07, 6.45) is 1.50. The SMILES string of the molecule is O=C(C[NH+]1CCN(S(=O)(=O)c2ccccc2)CC1)NC(=O)NCc1ccco1. The first kappa shape index (κ1) is 20.1. The molecule has 1 aliphatic heterocycles. The van der Waals surface area contributed by atoms with Crippen molar-refractivity contribution >= 4 is 22.0 Å². The van der Waals surface area contributed by atoms with Gasteiger partial charge in [-0.1, -0.05) is 18.2 Å². The van der Waals surface area contributed by atoms with Crippen LogP contribution in [0.4, 0.5) is 4.79 Å². The van der Waals surface area contributed by atoms with Gasteiger partial charge in [0.05, 0.1) is 43.9 Å². The molecule has 1 saturated heterocycles. The summed E-state index contributed by atoms with van der Waals surface area (Å²) in [6.45, 7) is 1.93. The summed E-state index contributed by atoms with van der Waals surface area (Å²) < 4.78 is 31.7. The van der Waals surface area contributed by atoms with Crippen LogP contribution < -0.4 is 15.5 Å². The number of sulfonamides is 1. The van der Waals surface area contributed by atoms with Gasteiger partial charge in [-0.2, -0.15) is 4.31 Å². The molecule has 3 rings (SSSR count). The van der Waals surface area contributed by atoms with Gasteiger partial charge in [0, 0.05) is 0 Å². The molecule has 0 bridgehead atoms. The predicted molar refractivity (Wildman–Crippen MR) is 99.9 cm³/mol. The Balaban J connectivity index is 1.42. The van der Waals surface area contributed by atoms with Gasteiger partial charge in [0.25, 0.3) is 5.91 Å². The number of piperazine rings is 1. The summed E-state index contributed by atoms with van der Waals surface area (Å²) in [6, 6.07) is 11.1. The Hall–Kier alpha value is -2.69. The van der Waals surface area contributed by atoms with E-state index >= 15 is 0 Å². The molecule has 0 aliphatic carbocycles. The van der Waals surface area contributed by atoms with Crippen molar-refractivity contribution < 1.29 is 27.3 Å². The lowest BCUT2D eigenvalue weighted by Gasteiger charge is -2.31. The lowest BCUT2D eigenvalue weighted by Crippen LogP contribution is -3.15. The van der Waals surface area contributed by atoms with Crippen LogP contribution in [0, 0.1) is 0 Å². The fourth-order valence-corrected chi connectivity index (χ4v) is 4.45. The second kappa shape index (κ2) is 9.00. The van der Waals surface area contributed by atoms with E-state index in [0.717, 1.165) is 4.90 Å². The summed E-state index contributed by atoms with van der Waals surface area (Å²) in [4.78, 5) is 25.0. The Bertz CT molecular complexity index is 891. The predicted octanol–water partition coefficient (Wildman–Crippen LogP) is -0.805. The Morgan fingerprint density at radius 1 is 1.07 bits per heavy atom. The minimum Gasteiger partial charge on any atom is -0.467 e. The van der Waals surface area contributed by atoms with Crippen molar-refractivity contribution in [3.8, 4) is 0 Å². The molecule has 1 fully saturated rings. The van der Waals surface area contributed by atoms with E-state index in [9.17, 15) is 18.0 Å².